The molecule has 8 nitrogen and oxygen atoms in total. The van der Waals surface area contributed by atoms with Gasteiger partial charge in [-0.2, -0.15) is 0 Å². The zero-order valence-electron chi connectivity index (χ0n) is 24.2. The normalized spacial score (nSPS) is 16.3. The Balaban J connectivity index is 1.66. The number of aromatic nitrogens is 1. The van der Waals surface area contributed by atoms with E-state index in [9.17, 15) is 14.7 Å². The molecule has 0 bridgehead atoms. The fourth-order valence-electron chi connectivity index (χ4n) is 4.95. The number of methoxy groups -OCH3 is 1. The van der Waals surface area contributed by atoms with Crippen molar-refractivity contribution in [2.24, 2.45) is 0 Å². The van der Waals surface area contributed by atoms with Crippen molar-refractivity contribution in [3.05, 3.63) is 82.9 Å². The number of carbonyl (C=O) groups excluding carboxylic acids is 2. The highest BCUT2D eigenvalue weighted by Crippen LogP contribution is 2.46. The van der Waals surface area contributed by atoms with E-state index in [0.717, 1.165) is 29.5 Å². The van der Waals surface area contributed by atoms with E-state index in [1.54, 1.807) is 43.5 Å². The summed E-state index contributed by atoms with van der Waals surface area (Å²) in [5.41, 5.74) is 2.69. The van der Waals surface area contributed by atoms with Crippen molar-refractivity contribution in [2.75, 3.05) is 25.2 Å². The second kappa shape index (κ2) is 12.7. The summed E-state index contributed by atoms with van der Waals surface area (Å²) in [6.07, 6.45) is 3.06. The monoisotopic (exact) mass is 586 g/mol. The number of Topliss-reactive ketones (excluding diaryl/α,β-unsaturated/α-hetero) is 1. The molecule has 1 aromatic heterocycles. The average Bonchev–Trinajstić information content (AvgIpc) is 3.53. The lowest BCUT2D eigenvalue weighted by Gasteiger charge is -2.24. The number of unbranched alkanes of at least 4 members (excludes halogenated alkanes) is 2. The Morgan fingerprint density at radius 2 is 1.76 bits per heavy atom. The van der Waals surface area contributed by atoms with Crippen LogP contribution >= 0.6 is 11.3 Å². The van der Waals surface area contributed by atoms with E-state index in [1.165, 1.54) is 16.2 Å². The summed E-state index contributed by atoms with van der Waals surface area (Å²) in [6, 6.07) is 17.0. The summed E-state index contributed by atoms with van der Waals surface area (Å²) in [5, 5.41) is 11.8. The third kappa shape index (κ3) is 5.69. The van der Waals surface area contributed by atoms with Crippen LogP contribution < -0.4 is 19.1 Å². The maximum atomic E-state index is 13.7. The number of carbonyl (C=O) groups is 2. The lowest BCUT2D eigenvalue weighted by Crippen LogP contribution is -2.29. The fourth-order valence-corrected chi connectivity index (χ4v) is 5.97. The number of aryl methyl sites for hydroxylation is 1. The highest BCUT2D eigenvalue weighted by molar-refractivity contribution is 7.22. The zero-order valence-corrected chi connectivity index (χ0v) is 25.0. The van der Waals surface area contributed by atoms with Gasteiger partial charge in [-0.1, -0.05) is 67.0 Å². The van der Waals surface area contributed by atoms with E-state index in [-0.39, 0.29) is 11.3 Å². The van der Waals surface area contributed by atoms with Crippen molar-refractivity contribution >= 4 is 44.1 Å². The summed E-state index contributed by atoms with van der Waals surface area (Å²) in [4.78, 5) is 33.4. The molecule has 1 saturated heterocycles. The number of amides is 1. The molecule has 1 unspecified atom stereocenters. The fraction of sp³-hybridized carbons (Fsp3) is 0.303. The van der Waals surface area contributed by atoms with E-state index in [1.807, 2.05) is 38.1 Å². The third-order valence-corrected chi connectivity index (χ3v) is 8.17. The maximum absolute atomic E-state index is 13.7. The summed E-state index contributed by atoms with van der Waals surface area (Å²) in [6.45, 7) is 6.90. The second-order valence-electron chi connectivity index (χ2n) is 10.1. The lowest BCUT2D eigenvalue weighted by atomic mass is 9.95. The predicted octanol–water partition coefficient (Wildman–Crippen LogP) is 7.21. The first-order chi connectivity index (χ1) is 20.4. The molecule has 0 radical (unpaired) electrons. The minimum atomic E-state index is -0.942. The maximum Gasteiger partial charge on any atom is 0.301 e. The van der Waals surface area contributed by atoms with Crippen molar-refractivity contribution in [3.8, 4) is 17.2 Å². The molecule has 3 aromatic carbocycles. The first-order valence-electron chi connectivity index (χ1n) is 14.1. The van der Waals surface area contributed by atoms with Crippen molar-refractivity contribution in [1.82, 2.24) is 4.98 Å². The number of thiazole rings is 1. The van der Waals surface area contributed by atoms with Gasteiger partial charge in [-0.3, -0.25) is 14.5 Å². The van der Waals surface area contributed by atoms with Gasteiger partial charge in [-0.05, 0) is 56.2 Å². The molecule has 1 aliphatic heterocycles. The molecular formula is C33H34N2O6S. The van der Waals surface area contributed by atoms with E-state index in [0.29, 0.717) is 52.2 Å². The molecule has 1 atom stereocenters. The van der Waals surface area contributed by atoms with E-state index < -0.39 is 17.7 Å². The van der Waals surface area contributed by atoms with Gasteiger partial charge in [0.2, 0.25) is 0 Å². The van der Waals surface area contributed by atoms with Crippen molar-refractivity contribution < 1.29 is 28.9 Å². The molecule has 2 heterocycles. The van der Waals surface area contributed by atoms with Gasteiger partial charge >= 0.3 is 5.91 Å². The van der Waals surface area contributed by atoms with Gasteiger partial charge in [0, 0.05) is 5.56 Å². The number of nitrogens with zero attached hydrogens (tertiary/aromatic N) is 2. The van der Waals surface area contributed by atoms with E-state index in [2.05, 4.69) is 6.92 Å². The van der Waals surface area contributed by atoms with Gasteiger partial charge < -0.3 is 19.3 Å². The van der Waals surface area contributed by atoms with E-state index in [4.69, 9.17) is 19.2 Å². The van der Waals surface area contributed by atoms with Crippen LogP contribution in [-0.2, 0) is 9.59 Å². The van der Waals surface area contributed by atoms with Gasteiger partial charge in [0.25, 0.3) is 5.78 Å². The summed E-state index contributed by atoms with van der Waals surface area (Å²) in [7, 11) is 1.58. The SMILES string of the molecule is CCCCCOc1ccc(C2/C(=C(\O)c3ccc(C)cc3)C(=O)C(=O)N2c2nc3ccc(OC)cc3s2)cc1OCC. The molecule has 1 fully saturated rings. The Morgan fingerprint density at radius 1 is 0.976 bits per heavy atom. The van der Waals surface area contributed by atoms with Crippen LogP contribution in [0.5, 0.6) is 17.2 Å². The average molecular weight is 587 g/mol. The summed E-state index contributed by atoms with van der Waals surface area (Å²) < 4.78 is 18.1. The predicted molar refractivity (Wildman–Crippen MR) is 165 cm³/mol. The molecule has 5 rings (SSSR count). The highest BCUT2D eigenvalue weighted by Gasteiger charge is 2.48. The minimum absolute atomic E-state index is 0.0141. The van der Waals surface area contributed by atoms with Crippen molar-refractivity contribution in [2.45, 2.75) is 46.1 Å². The van der Waals surface area contributed by atoms with E-state index >= 15 is 0 Å². The Morgan fingerprint density at radius 3 is 2.48 bits per heavy atom. The molecule has 0 aliphatic carbocycles. The van der Waals surface area contributed by atoms with Crippen LogP contribution in [0, 0.1) is 6.92 Å². The Hall–Kier alpha value is -4.37. The Labute approximate surface area is 249 Å². The van der Waals surface area contributed by atoms with Crippen LogP contribution in [-0.4, -0.2) is 42.1 Å². The molecule has 0 saturated carbocycles. The minimum Gasteiger partial charge on any atom is -0.507 e. The number of ketones is 1. The highest BCUT2D eigenvalue weighted by atomic mass is 32.1. The number of rotatable bonds is 11. The van der Waals surface area contributed by atoms with Crippen molar-refractivity contribution in [3.63, 3.8) is 0 Å². The molecule has 42 heavy (non-hydrogen) atoms. The lowest BCUT2D eigenvalue weighted by molar-refractivity contribution is -0.132. The third-order valence-electron chi connectivity index (χ3n) is 7.15. The smallest absolute Gasteiger partial charge is 0.301 e. The van der Waals surface area contributed by atoms with Crippen molar-refractivity contribution in [1.29, 1.82) is 0 Å². The van der Waals surface area contributed by atoms with Gasteiger partial charge in [0.1, 0.15) is 11.5 Å². The molecule has 1 N–H and O–H groups in total. The van der Waals surface area contributed by atoms with Crippen LogP contribution in [0.3, 0.4) is 0 Å². The van der Waals surface area contributed by atoms with Gasteiger partial charge in [0.05, 0.1) is 42.2 Å². The molecule has 1 aliphatic rings. The molecule has 218 valence electrons. The first-order valence-corrected chi connectivity index (χ1v) is 14.9. The number of hydrogen-bond acceptors (Lipinski definition) is 8. The van der Waals surface area contributed by atoms with Gasteiger partial charge in [0.15, 0.2) is 16.6 Å². The quantitative estimate of drug-likeness (QED) is 0.0858. The Kier molecular flexibility index (Phi) is 8.77. The number of aliphatic hydroxyl groups is 1. The standard InChI is InChI=1S/C33H34N2O6S/c1-5-7-8-17-41-25-16-13-22(18-26(25)40-6-2)29-28(30(36)21-11-9-20(3)10-12-21)31(37)32(38)35(29)33-34-24-15-14-23(39-4)19-27(24)42-33/h9-16,18-19,29,36H,5-8,17H2,1-4H3/b30-28+. The second-order valence-corrected chi connectivity index (χ2v) is 11.1. The van der Waals surface area contributed by atoms with Crippen LogP contribution in [0.15, 0.2) is 66.2 Å². The molecule has 4 aromatic rings. The summed E-state index contributed by atoms with van der Waals surface area (Å²) in [5.74, 6) is -0.0564. The molecular weight excluding hydrogens is 552 g/mol. The summed E-state index contributed by atoms with van der Waals surface area (Å²) >= 11 is 1.27. The number of hydrogen-bond donors (Lipinski definition) is 1. The van der Waals surface area contributed by atoms with Crippen LogP contribution in [0.1, 0.15) is 55.8 Å². The number of aliphatic hydroxyl groups excluding tert-OH is 1. The number of fused-ring (bicyclic) bond motifs is 1. The zero-order chi connectivity index (χ0) is 29.8. The van der Waals surface area contributed by atoms with Crippen LogP contribution in [0.2, 0.25) is 0 Å². The topological polar surface area (TPSA) is 98.2 Å². The number of ether oxygens (including phenoxy) is 3. The van der Waals surface area contributed by atoms with Gasteiger partial charge in [-0.25, -0.2) is 4.98 Å². The largest absolute Gasteiger partial charge is 0.507 e. The van der Waals surface area contributed by atoms with Crippen LogP contribution in [0.4, 0.5) is 5.13 Å². The number of benzene rings is 3. The molecule has 9 heteroatoms. The van der Waals surface area contributed by atoms with Crippen LogP contribution in [0.25, 0.3) is 16.0 Å². The number of anilines is 1. The molecule has 0 spiro atoms. The molecule has 1 amide bonds. The Bertz CT molecular complexity index is 1640. The van der Waals surface area contributed by atoms with Gasteiger partial charge in [-0.15, -0.1) is 0 Å². The first kappa shape index (κ1) is 29.1.